The summed E-state index contributed by atoms with van der Waals surface area (Å²) < 4.78 is 45.1. The molecule has 0 unspecified atom stereocenters. The number of H-pyrrole nitrogens is 1. The lowest BCUT2D eigenvalue weighted by atomic mass is 10.1. The summed E-state index contributed by atoms with van der Waals surface area (Å²) in [4.78, 5) is 25.2. The van der Waals surface area contributed by atoms with Gasteiger partial charge in [0.15, 0.2) is 5.43 Å². The van der Waals surface area contributed by atoms with Gasteiger partial charge in [-0.2, -0.15) is 0 Å². The van der Waals surface area contributed by atoms with E-state index in [-0.39, 0.29) is 18.2 Å². The van der Waals surface area contributed by atoms with E-state index in [1.165, 1.54) is 6.92 Å². The van der Waals surface area contributed by atoms with Gasteiger partial charge in [0.05, 0.1) is 24.5 Å². The molecule has 0 atom stereocenters. The molecule has 0 aliphatic rings. The Kier molecular flexibility index (Phi) is 5.43. The number of hydrogen-bond donors (Lipinski definition) is 1. The van der Waals surface area contributed by atoms with Crippen LogP contribution in [0.4, 0.5) is 13.2 Å². The van der Waals surface area contributed by atoms with Crippen LogP contribution in [0.5, 0.6) is 5.88 Å². The third kappa shape index (κ3) is 4.76. The van der Waals surface area contributed by atoms with Crippen LogP contribution in [0.2, 0.25) is 0 Å². The van der Waals surface area contributed by atoms with Crippen molar-refractivity contribution in [2.24, 2.45) is 0 Å². The first-order chi connectivity index (χ1) is 9.26. The smallest absolute Gasteiger partial charge is 0.466 e. The van der Waals surface area contributed by atoms with Crippen LogP contribution < -0.4 is 10.2 Å². The van der Waals surface area contributed by atoms with Crippen molar-refractivity contribution in [3.63, 3.8) is 0 Å². The Hall–Kier alpha value is -1.70. The maximum absolute atomic E-state index is 12.3. The number of pyridine rings is 1. The van der Waals surface area contributed by atoms with E-state index in [0.717, 1.165) is 6.07 Å². The lowest BCUT2D eigenvalue weighted by Crippen LogP contribution is -2.24. The Balaban J connectivity index is 3.19. The van der Waals surface area contributed by atoms with Gasteiger partial charge in [-0.15, -0.1) is 24.8 Å². The van der Waals surface area contributed by atoms with E-state index in [4.69, 9.17) is 11.6 Å². The molecule has 112 valence electrons. The Morgan fingerprint density at radius 3 is 2.60 bits per heavy atom. The van der Waals surface area contributed by atoms with E-state index in [0.29, 0.717) is 0 Å². The summed E-state index contributed by atoms with van der Waals surface area (Å²) in [6, 6.07) is 1.00. The fourth-order valence-corrected chi connectivity index (χ4v) is 1.56. The molecule has 0 spiro atoms. The van der Waals surface area contributed by atoms with Crippen molar-refractivity contribution in [2.75, 3.05) is 6.61 Å². The van der Waals surface area contributed by atoms with E-state index >= 15 is 0 Å². The molecule has 0 radical (unpaired) electrons. The molecule has 0 aliphatic carbocycles. The van der Waals surface area contributed by atoms with Crippen molar-refractivity contribution in [2.45, 2.75) is 25.6 Å². The number of halogens is 4. The van der Waals surface area contributed by atoms with Gasteiger partial charge in [-0.1, -0.05) is 0 Å². The monoisotopic (exact) mass is 313 g/mol. The topological polar surface area (TPSA) is 68.4 Å². The predicted molar refractivity (Wildman–Crippen MR) is 63.6 cm³/mol. The first kappa shape index (κ1) is 16.4. The Bertz CT molecular complexity index is 541. The lowest BCUT2D eigenvalue weighted by Gasteiger charge is -2.13. The van der Waals surface area contributed by atoms with Gasteiger partial charge in [-0.25, -0.2) is 0 Å². The van der Waals surface area contributed by atoms with Gasteiger partial charge in [-0.05, 0) is 6.92 Å². The van der Waals surface area contributed by atoms with Gasteiger partial charge in [0, 0.05) is 11.8 Å². The minimum absolute atomic E-state index is 0.0449. The van der Waals surface area contributed by atoms with E-state index < -0.39 is 35.6 Å². The molecule has 1 aromatic heterocycles. The molecule has 1 rings (SSSR count). The second-order valence-electron chi connectivity index (χ2n) is 3.63. The number of carbonyl (C=O) groups excluding carboxylic acids is 1. The third-order valence-electron chi connectivity index (χ3n) is 2.14. The summed E-state index contributed by atoms with van der Waals surface area (Å²) in [5, 5.41) is 0. The minimum Gasteiger partial charge on any atom is -0.466 e. The zero-order valence-corrected chi connectivity index (χ0v) is 11.1. The average molecular weight is 314 g/mol. The largest absolute Gasteiger partial charge is 0.574 e. The number of nitrogens with one attached hydrogen (secondary N) is 1. The second-order valence-corrected chi connectivity index (χ2v) is 3.90. The Labute approximate surface area is 116 Å². The van der Waals surface area contributed by atoms with Gasteiger partial charge >= 0.3 is 12.3 Å². The molecular formula is C11H11ClF3NO4. The lowest BCUT2D eigenvalue weighted by molar-refractivity contribution is -0.276. The van der Waals surface area contributed by atoms with Crippen LogP contribution in [0.25, 0.3) is 0 Å². The summed E-state index contributed by atoms with van der Waals surface area (Å²) in [5.41, 5.74) is -1.20. The molecule has 0 aromatic carbocycles. The van der Waals surface area contributed by atoms with Crippen LogP contribution in [-0.2, 0) is 21.8 Å². The predicted octanol–water partition coefficient (Wildman–Crippen LogP) is 2.12. The first-order valence-electron chi connectivity index (χ1n) is 5.49. The van der Waals surface area contributed by atoms with Crippen molar-refractivity contribution in [3.05, 3.63) is 27.5 Å². The van der Waals surface area contributed by atoms with Crippen LogP contribution >= 0.6 is 11.6 Å². The molecule has 1 aromatic rings. The highest BCUT2D eigenvalue weighted by Crippen LogP contribution is 2.23. The Morgan fingerprint density at radius 2 is 2.10 bits per heavy atom. The molecule has 20 heavy (non-hydrogen) atoms. The second kappa shape index (κ2) is 6.65. The van der Waals surface area contributed by atoms with Crippen molar-refractivity contribution >= 4 is 17.6 Å². The van der Waals surface area contributed by atoms with Crippen molar-refractivity contribution in [1.82, 2.24) is 4.98 Å². The maximum atomic E-state index is 12.3. The molecule has 1 N–H and O–H groups in total. The molecule has 0 fully saturated rings. The van der Waals surface area contributed by atoms with Crippen LogP contribution in [-0.4, -0.2) is 23.9 Å². The molecule has 9 heteroatoms. The van der Waals surface area contributed by atoms with E-state index in [1.54, 1.807) is 0 Å². The third-order valence-corrected chi connectivity index (χ3v) is 2.43. The van der Waals surface area contributed by atoms with Crippen molar-refractivity contribution < 1.29 is 27.4 Å². The molecule has 0 saturated heterocycles. The van der Waals surface area contributed by atoms with Gasteiger partial charge < -0.3 is 14.5 Å². The van der Waals surface area contributed by atoms with Gasteiger partial charge in [-0.3, -0.25) is 9.59 Å². The number of rotatable bonds is 5. The number of aromatic amines is 1. The molecule has 1 heterocycles. The Morgan fingerprint density at radius 1 is 1.45 bits per heavy atom. The summed E-state index contributed by atoms with van der Waals surface area (Å²) in [5.74, 6) is -1.89. The number of esters is 1. The van der Waals surface area contributed by atoms with Gasteiger partial charge in [0.2, 0.25) is 5.88 Å². The summed E-state index contributed by atoms with van der Waals surface area (Å²) in [6.45, 7) is 1.58. The highest BCUT2D eigenvalue weighted by atomic mass is 35.5. The van der Waals surface area contributed by atoms with Crippen molar-refractivity contribution in [1.29, 1.82) is 0 Å². The molecular weight excluding hydrogens is 303 g/mol. The van der Waals surface area contributed by atoms with Gasteiger partial charge in [0.1, 0.15) is 0 Å². The van der Waals surface area contributed by atoms with Gasteiger partial charge in [0.25, 0.3) is 0 Å². The highest BCUT2D eigenvalue weighted by Gasteiger charge is 2.33. The quantitative estimate of drug-likeness (QED) is 0.668. The van der Waals surface area contributed by atoms with E-state index in [2.05, 4.69) is 14.5 Å². The summed E-state index contributed by atoms with van der Waals surface area (Å²) >= 11 is 5.45. The molecule has 0 saturated carbocycles. The van der Waals surface area contributed by atoms with Crippen LogP contribution in [0.15, 0.2) is 10.9 Å². The normalized spacial score (nSPS) is 11.2. The number of aromatic nitrogens is 1. The zero-order chi connectivity index (χ0) is 15.3. The minimum atomic E-state index is -5.00. The standard InChI is InChI=1S/C11H11ClF3NO4/c1-2-19-9(18)4-7-8(17)3-6(5-12)16-10(7)20-11(13,14)15/h3H,2,4-5H2,1H3,(H,16,17). The molecule has 5 nitrogen and oxygen atoms in total. The number of alkyl halides is 4. The highest BCUT2D eigenvalue weighted by molar-refractivity contribution is 6.16. The molecule has 0 aliphatic heterocycles. The fraction of sp³-hybridized carbons (Fsp3) is 0.455. The number of hydrogen-bond acceptors (Lipinski definition) is 4. The number of ether oxygens (including phenoxy) is 2. The summed E-state index contributed by atoms with van der Waals surface area (Å²) in [6.07, 6.45) is -5.63. The number of carbonyl (C=O) groups is 1. The van der Waals surface area contributed by atoms with Crippen LogP contribution in [0.3, 0.4) is 0 Å². The van der Waals surface area contributed by atoms with Crippen LogP contribution in [0.1, 0.15) is 18.2 Å². The molecule has 0 amide bonds. The van der Waals surface area contributed by atoms with Crippen LogP contribution in [0, 0.1) is 0 Å². The SMILES string of the molecule is CCOC(=O)Cc1c(OC(F)(F)F)[nH]c(CCl)cc1=O. The van der Waals surface area contributed by atoms with E-state index in [9.17, 15) is 22.8 Å². The fourth-order valence-electron chi connectivity index (χ4n) is 1.41. The maximum Gasteiger partial charge on any atom is 0.574 e. The summed E-state index contributed by atoms with van der Waals surface area (Å²) in [7, 11) is 0. The first-order valence-corrected chi connectivity index (χ1v) is 6.02. The van der Waals surface area contributed by atoms with Crippen molar-refractivity contribution in [3.8, 4) is 5.88 Å². The average Bonchev–Trinajstić information content (AvgIpc) is 2.31. The molecule has 0 bridgehead atoms. The zero-order valence-electron chi connectivity index (χ0n) is 10.3. The van der Waals surface area contributed by atoms with E-state index in [1.807, 2.05) is 0 Å².